The van der Waals surface area contributed by atoms with Crippen molar-refractivity contribution in [3.8, 4) is 11.1 Å². The molecule has 0 bridgehead atoms. The van der Waals surface area contributed by atoms with Crippen molar-refractivity contribution in [2.45, 2.75) is 19.4 Å². The molecule has 0 radical (unpaired) electrons. The van der Waals surface area contributed by atoms with Crippen LogP contribution in [0.3, 0.4) is 0 Å². The summed E-state index contributed by atoms with van der Waals surface area (Å²) in [5, 5.41) is 3.02. The number of allylic oxidation sites excluding steroid dienone is 1. The Bertz CT molecular complexity index is 1200. The number of para-hydroxylation sites is 2. The molecule has 0 aliphatic heterocycles. The molecule has 0 saturated heterocycles. The molecule has 4 nitrogen and oxygen atoms in total. The summed E-state index contributed by atoms with van der Waals surface area (Å²) in [7, 11) is 0. The zero-order chi connectivity index (χ0) is 21.6. The molecule has 4 rings (SSSR count). The highest BCUT2D eigenvalue weighted by molar-refractivity contribution is 9.11. The molecule has 0 fully saturated rings. The summed E-state index contributed by atoms with van der Waals surface area (Å²) >= 11 is 3.45. The first kappa shape index (κ1) is 21.1. The van der Waals surface area contributed by atoms with E-state index in [0.717, 1.165) is 32.5 Å². The average molecular weight is 474 g/mol. The van der Waals surface area contributed by atoms with Gasteiger partial charge in [-0.05, 0) is 28.8 Å². The van der Waals surface area contributed by atoms with Crippen molar-refractivity contribution in [3.05, 3.63) is 101 Å². The number of aromatic nitrogens is 2. The molecule has 5 heteroatoms. The molecule has 1 aromatic heterocycles. The second kappa shape index (κ2) is 9.75. The van der Waals surface area contributed by atoms with Crippen molar-refractivity contribution in [3.63, 3.8) is 0 Å². The van der Waals surface area contributed by atoms with Crippen molar-refractivity contribution < 1.29 is 4.79 Å². The molecule has 1 N–H and O–H groups in total. The summed E-state index contributed by atoms with van der Waals surface area (Å²) in [6.07, 6.45) is 1.03. The minimum Gasteiger partial charge on any atom is -0.355 e. The van der Waals surface area contributed by atoms with Crippen LogP contribution in [0.25, 0.3) is 22.2 Å². The van der Waals surface area contributed by atoms with Crippen LogP contribution >= 0.6 is 15.9 Å². The van der Waals surface area contributed by atoms with E-state index in [4.69, 9.17) is 4.98 Å². The fraction of sp³-hybridized carbons (Fsp3) is 0.154. The number of rotatable bonds is 8. The third-order valence-corrected chi connectivity index (χ3v) is 5.41. The van der Waals surface area contributed by atoms with Crippen LogP contribution in [0, 0.1) is 0 Å². The smallest absolute Gasteiger partial charge is 0.224 e. The molecule has 0 atom stereocenters. The number of nitrogens with one attached hydrogen (secondary N) is 1. The second-order valence-corrected chi connectivity index (χ2v) is 8.58. The number of benzene rings is 3. The van der Waals surface area contributed by atoms with Gasteiger partial charge in [-0.25, -0.2) is 4.98 Å². The highest BCUT2D eigenvalue weighted by Gasteiger charge is 2.11. The van der Waals surface area contributed by atoms with E-state index in [1.165, 1.54) is 5.56 Å². The van der Waals surface area contributed by atoms with E-state index in [-0.39, 0.29) is 5.91 Å². The number of fused-ring (bicyclic) bond motifs is 1. The minimum absolute atomic E-state index is 0.0139. The van der Waals surface area contributed by atoms with E-state index in [1.54, 1.807) is 0 Å². The molecule has 4 aromatic rings. The van der Waals surface area contributed by atoms with Gasteiger partial charge in [0.25, 0.3) is 0 Å². The molecule has 156 valence electrons. The number of hydrogen-bond acceptors (Lipinski definition) is 2. The average Bonchev–Trinajstić information content (AvgIpc) is 3.12. The zero-order valence-electron chi connectivity index (χ0n) is 17.2. The van der Waals surface area contributed by atoms with E-state index >= 15 is 0 Å². The highest BCUT2D eigenvalue weighted by Crippen LogP contribution is 2.20. The van der Waals surface area contributed by atoms with E-state index < -0.39 is 0 Å². The maximum absolute atomic E-state index is 12.4. The Balaban J connectivity index is 1.35. The van der Waals surface area contributed by atoms with Crippen LogP contribution in [-0.2, 0) is 24.2 Å². The van der Waals surface area contributed by atoms with Crippen molar-refractivity contribution in [1.29, 1.82) is 0 Å². The van der Waals surface area contributed by atoms with Gasteiger partial charge in [0.1, 0.15) is 5.82 Å². The Morgan fingerprint density at radius 1 is 0.935 bits per heavy atom. The maximum atomic E-state index is 12.4. The Hall–Kier alpha value is -3.18. The molecule has 31 heavy (non-hydrogen) atoms. The van der Waals surface area contributed by atoms with E-state index in [9.17, 15) is 4.79 Å². The molecule has 1 amide bonds. The molecule has 0 aliphatic rings. The van der Waals surface area contributed by atoms with Gasteiger partial charge in [0, 0.05) is 17.4 Å². The zero-order valence-corrected chi connectivity index (χ0v) is 18.8. The largest absolute Gasteiger partial charge is 0.355 e. The summed E-state index contributed by atoms with van der Waals surface area (Å²) in [6.45, 7) is 5.15. The van der Waals surface area contributed by atoms with Gasteiger partial charge < -0.3 is 9.88 Å². The lowest BCUT2D eigenvalue weighted by atomic mass is 10.0. The van der Waals surface area contributed by atoms with E-state index in [0.29, 0.717) is 25.9 Å². The third kappa shape index (κ3) is 5.30. The minimum atomic E-state index is 0.0139. The second-order valence-electron chi connectivity index (χ2n) is 7.46. The predicted octanol–water partition coefficient (Wildman–Crippen LogP) is 5.51. The van der Waals surface area contributed by atoms with Crippen molar-refractivity contribution in [2.24, 2.45) is 0 Å². The summed E-state index contributed by atoms with van der Waals surface area (Å²) < 4.78 is 3.03. The number of hydrogen-bond donors (Lipinski definition) is 1. The first-order chi connectivity index (χ1) is 15.1. The Morgan fingerprint density at radius 3 is 2.35 bits per heavy atom. The number of imidazole rings is 1. The fourth-order valence-electron chi connectivity index (χ4n) is 3.67. The van der Waals surface area contributed by atoms with E-state index in [2.05, 4.69) is 62.7 Å². The van der Waals surface area contributed by atoms with Crippen LogP contribution < -0.4 is 5.32 Å². The maximum Gasteiger partial charge on any atom is 0.224 e. The van der Waals surface area contributed by atoms with Crippen LogP contribution in [0.1, 0.15) is 11.4 Å². The van der Waals surface area contributed by atoms with Gasteiger partial charge in [0.15, 0.2) is 0 Å². The van der Waals surface area contributed by atoms with Crippen LogP contribution in [0.5, 0.6) is 0 Å². The molecule has 3 aromatic carbocycles. The highest BCUT2D eigenvalue weighted by atomic mass is 79.9. The monoisotopic (exact) mass is 473 g/mol. The van der Waals surface area contributed by atoms with E-state index in [1.807, 2.05) is 48.5 Å². The standard InChI is InChI=1S/C26H24BrN3O/c1-19(27)18-30-24-10-6-5-9-23(24)29-25(30)15-16-28-26(31)17-20-11-13-22(14-12-20)21-7-3-2-4-8-21/h2-14H,1,15-18H2,(H,28,31). The normalized spacial score (nSPS) is 10.9. The predicted molar refractivity (Wildman–Crippen MR) is 130 cm³/mol. The van der Waals surface area contributed by atoms with Crippen molar-refractivity contribution in [2.75, 3.05) is 6.54 Å². The number of amides is 1. The number of carbonyl (C=O) groups is 1. The lowest BCUT2D eigenvalue weighted by molar-refractivity contribution is -0.120. The van der Waals surface area contributed by atoms with Crippen LogP contribution in [0.2, 0.25) is 0 Å². The summed E-state index contributed by atoms with van der Waals surface area (Å²) in [5.41, 5.74) is 5.35. The lowest BCUT2D eigenvalue weighted by Crippen LogP contribution is -2.28. The molecule has 1 heterocycles. The SMILES string of the molecule is C=C(Br)Cn1c(CCNC(=O)Cc2ccc(-c3ccccc3)cc2)nc2ccccc21. The summed E-state index contributed by atoms with van der Waals surface area (Å²) in [5.74, 6) is 0.953. The fourth-order valence-corrected chi connectivity index (χ4v) is 3.92. The van der Waals surface area contributed by atoms with Crippen LogP contribution in [0.15, 0.2) is 89.9 Å². The number of nitrogens with zero attached hydrogens (tertiary/aromatic N) is 2. The number of halogens is 1. The first-order valence-corrected chi connectivity index (χ1v) is 11.1. The first-order valence-electron chi connectivity index (χ1n) is 10.3. The Kier molecular flexibility index (Phi) is 6.63. The summed E-state index contributed by atoms with van der Waals surface area (Å²) in [4.78, 5) is 17.2. The van der Waals surface area contributed by atoms with Gasteiger partial charge >= 0.3 is 0 Å². The quantitative estimate of drug-likeness (QED) is 0.366. The van der Waals surface area contributed by atoms with Gasteiger partial charge in [-0.1, -0.05) is 89.2 Å². The topological polar surface area (TPSA) is 46.9 Å². The molecule has 0 saturated carbocycles. The molecule has 0 spiro atoms. The van der Waals surface area contributed by atoms with Gasteiger partial charge in [-0.15, -0.1) is 0 Å². The van der Waals surface area contributed by atoms with Gasteiger partial charge in [0.2, 0.25) is 5.91 Å². The number of carbonyl (C=O) groups excluding carboxylic acids is 1. The Labute approximate surface area is 190 Å². The molecule has 0 unspecified atom stereocenters. The van der Waals surface area contributed by atoms with Crippen molar-refractivity contribution in [1.82, 2.24) is 14.9 Å². The molecular weight excluding hydrogens is 450 g/mol. The van der Waals surface area contributed by atoms with Gasteiger partial charge in [0.05, 0.1) is 24.0 Å². The van der Waals surface area contributed by atoms with Crippen molar-refractivity contribution >= 4 is 32.9 Å². The van der Waals surface area contributed by atoms with Crippen LogP contribution in [0.4, 0.5) is 0 Å². The van der Waals surface area contributed by atoms with Gasteiger partial charge in [-0.2, -0.15) is 0 Å². The summed E-state index contributed by atoms with van der Waals surface area (Å²) in [6, 6.07) is 26.4. The molecule has 0 aliphatic carbocycles. The third-order valence-electron chi connectivity index (χ3n) is 5.16. The lowest BCUT2D eigenvalue weighted by Gasteiger charge is -2.09. The Morgan fingerprint density at radius 2 is 1.61 bits per heavy atom. The molecular formula is C26H24BrN3O. The van der Waals surface area contributed by atoms with Gasteiger partial charge in [-0.3, -0.25) is 4.79 Å². The van der Waals surface area contributed by atoms with Crippen LogP contribution in [-0.4, -0.2) is 22.0 Å².